The minimum atomic E-state index is -1.64. The third-order valence-corrected chi connectivity index (χ3v) is 12.7. The maximum atomic E-state index is 14.1. The van der Waals surface area contributed by atoms with Crippen molar-refractivity contribution in [1.82, 2.24) is 0 Å². The van der Waals surface area contributed by atoms with E-state index in [1.54, 1.807) is 6.92 Å². The summed E-state index contributed by atoms with van der Waals surface area (Å²) in [7, 11) is 1.16. The van der Waals surface area contributed by atoms with Gasteiger partial charge in [0.1, 0.15) is 12.4 Å². The van der Waals surface area contributed by atoms with Crippen LogP contribution in [0.2, 0.25) is 0 Å². The molecule has 50 heavy (non-hydrogen) atoms. The third kappa shape index (κ3) is 6.49. The zero-order valence-corrected chi connectivity index (χ0v) is 29.9. The first-order valence-electron chi connectivity index (χ1n) is 17.8. The molecule has 2 heterocycles. The van der Waals surface area contributed by atoms with Crippen LogP contribution in [0.5, 0.6) is 0 Å². The highest BCUT2D eigenvalue weighted by Gasteiger charge is 2.65. The molecule has 4 saturated carbocycles. The first-order chi connectivity index (χ1) is 23.5. The second kappa shape index (κ2) is 13.6. The average Bonchev–Trinajstić information content (AvgIpc) is 3.55. The van der Waals surface area contributed by atoms with Crippen molar-refractivity contribution >= 4 is 35.4 Å². The summed E-state index contributed by atoms with van der Waals surface area (Å²) in [6.45, 7) is 9.31. The summed E-state index contributed by atoms with van der Waals surface area (Å²) in [5, 5.41) is 0. The Morgan fingerprint density at radius 3 is 2.20 bits per heavy atom. The topological polar surface area (TPSA) is 176 Å². The highest BCUT2D eigenvalue weighted by atomic mass is 16.9. The average molecular weight is 707 g/mol. The molecule has 0 bridgehead atoms. The van der Waals surface area contributed by atoms with Crippen molar-refractivity contribution in [2.45, 2.75) is 136 Å². The molecular weight excluding hydrogens is 656 g/mol. The van der Waals surface area contributed by atoms with Gasteiger partial charge in [0.2, 0.25) is 0 Å². The highest BCUT2D eigenvalue weighted by molar-refractivity contribution is 5.89. The van der Waals surface area contributed by atoms with E-state index in [9.17, 15) is 28.8 Å². The normalized spacial score (nSPS) is 44.9. The Hall–Kier alpha value is -2.94. The van der Waals surface area contributed by atoms with Crippen molar-refractivity contribution < 1.29 is 66.7 Å². The van der Waals surface area contributed by atoms with Crippen molar-refractivity contribution in [3.63, 3.8) is 0 Å². The fraction of sp³-hybridized carbons (Fsp3) is 0.833. The summed E-state index contributed by atoms with van der Waals surface area (Å²) in [6, 6.07) is 0. The molecule has 0 radical (unpaired) electrons. The molecule has 0 N–H and O–H groups in total. The molecule has 278 valence electrons. The fourth-order valence-corrected chi connectivity index (χ4v) is 10.8. The van der Waals surface area contributed by atoms with Crippen molar-refractivity contribution in [1.29, 1.82) is 0 Å². The molecule has 2 saturated heterocycles. The number of fused-ring (bicyclic) bond motifs is 6. The lowest BCUT2D eigenvalue weighted by Crippen LogP contribution is -2.61. The van der Waals surface area contributed by atoms with E-state index in [0.717, 1.165) is 39.7 Å². The van der Waals surface area contributed by atoms with Crippen LogP contribution in [0.3, 0.4) is 0 Å². The Bertz CT molecular complexity index is 1410. The van der Waals surface area contributed by atoms with E-state index in [2.05, 4.69) is 13.8 Å². The number of Topliss-reactive ketones (excluding diaryl/α,β-unsaturated/α-hetero) is 2. The molecule has 0 aromatic rings. The molecule has 6 aliphatic rings. The molecular formula is C36H50O14. The predicted octanol–water partition coefficient (Wildman–Crippen LogP) is 3.19. The highest BCUT2D eigenvalue weighted by Crippen LogP contribution is 2.66. The molecule has 0 amide bonds. The smallest absolute Gasteiger partial charge is 0.339 e. The van der Waals surface area contributed by atoms with Crippen LogP contribution in [0.15, 0.2) is 0 Å². The van der Waals surface area contributed by atoms with E-state index in [0.29, 0.717) is 25.7 Å². The lowest BCUT2D eigenvalue weighted by Gasteiger charge is -2.60. The lowest BCUT2D eigenvalue weighted by molar-refractivity contribution is -0.363. The monoisotopic (exact) mass is 706 g/mol. The standard InChI is InChI=1S/C36H50O14/c1-17(37)44-16-26(41)24-11-10-23-22-9-8-20-14-21(12-13-34(20,4)27(22)25(40)15-35(23,24)5)48-36(6)49-31-29(46-19(3)39)28(45-18(2)38)30(32(42)43-7)47-33(31)50-36/h20-24,27-31,33H,8-16H2,1-7H3. The van der Waals surface area contributed by atoms with Gasteiger partial charge in [0.25, 0.3) is 5.97 Å². The summed E-state index contributed by atoms with van der Waals surface area (Å²) in [5.74, 6) is -4.00. The minimum Gasteiger partial charge on any atom is -0.467 e. The molecule has 14 unspecified atom stereocenters. The maximum absolute atomic E-state index is 14.1. The quantitative estimate of drug-likeness (QED) is 0.266. The zero-order chi connectivity index (χ0) is 36.3. The number of rotatable bonds is 8. The maximum Gasteiger partial charge on any atom is 0.339 e. The van der Waals surface area contributed by atoms with Gasteiger partial charge >= 0.3 is 23.9 Å². The van der Waals surface area contributed by atoms with E-state index in [1.807, 2.05) is 0 Å². The third-order valence-electron chi connectivity index (χ3n) is 12.7. The van der Waals surface area contributed by atoms with Crippen LogP contribution in [0, 0.1) is 40.4 Å². The Morgan fingerprint density at radius 2 is 1.54 bits per heavy atom. The van der Waals surface area contributed by atoms with Crippen molar-refractivity contribution in [2.75, 3.05) is 13.7 Å². The number of ketones is 2. The van der Waals surface area contributed by atoms with Crippen molar-refractivity contribution in [3.05, 3.63) is 0 Å². The molecule has 0 spiro atoms. The predicted molar refractivity (Wildman–Crippen MR) is 168 cm³/mol. The number of carbonyl (C=O) groups is 6. The molecule has 14 nitrogen and oxygen atoms in total. The number of ether oxygens (including phenoxy) is 8. The van der Waals surface area contributed by atoms with Gasteiger partial charge in [-0.05, 0) is 73.5 Å². The van der Waals surface area contributed by atoms with Crippen LogP contribution in [0.4, 0.5) is 0 Å². The van der Waals surface area contributed by atoms with Crippen LogP contribution in [0.1, 0.15) is 92.9 Å². The molecule has 6 rings (SSSR count). The van der Waals surface area contributed by atoms with E-state index < -0.39 is 66.0 Å². The zero-order valence-electron chi connectivity index (χ0n) is 29.9. The van der Waals surface area contributed by atoms with Gasteiger partial charge in [-0.1, -0.05) is 13.8 Å². The Labute approximate surface area is 291 Å². The van der Waals surface area contributed by atoms with Crippen LogP contribution in [-0.2, 0) is 66.7 Å². The van der Waals surface area contributed by atoms with Crippen molar-refractivity contribution in [3.8, 4) is 0 Å². The van der Waals surface area contributed by atoms with E-state index in [-0.39, 0.29) is 59.3 Å². The number of hydrogen-bond donors (Lipinski definition) is 0. The summed E-state index contributed by atoms with van der Waals surface area (Å²) < 4.78 is 45.5. The van der Waals surface area contributed by atoms with E-state index in [4.69, 9.17) is 37.9 Å². The second-order valence-electron chi connectivity index (χ2n) is 15.7. The van der Waals surface area contributed by atoms with Gasteiger partial charge in [-0.25, -0.2) is 4.79 Å². The van der Waals surface area contributed by atoms with Crippen LogP contribution in [-0.4, -0.2) is 91.9 Å². The SMILES string of the molecule is COC(=O)C1OC2OC(C)(OC3CCC4(C)C(CCC5C6CCC(C(=O)COC(C)=O)C6(C)CC(=O)C54)C3)OC2C(OC(C)=O)C1OC(C)=O. The van der Waals surface area contributed by atoms with Gasteiger partial charge in [-0.15, -0.1) is 0 Å². The minimum absolute atomic E-state index is 0.0917. The van der Waals surface area contributed by atoms with E-state index in [1.165, 1.54) is 13.8 Å². The largest absolute Gasteiger partial charge is 0.467 e. The first kappa shape index (κ1) is 36.8. The first-order valence-corrected chi connectivity index (χ1v) is 17.8. The van der Waals surface area contributed by atoms with Gasteiger partial charge in [0.15, 0.2) is 36.5 Å². The molecule has 4 aliphatic carbocycles. The second-order valence-corrected chi connectivity index (χ2v) is 15.7. The van der Waals surface area contributed by atoms with Crippen LogP contribution in [0.25, 0.3) is 0 Å². The number of hydrogen-bond acceptors (Lipinski definition) is 14. The number of methoxy groups -OCH3 is 1. The Balaban J connectivity index is 1.14. The van der Waals surface area contributed by atoms with Crippen molar-refractivity contribution in [2.24, 2.45) is 40.4 Å². The molecule has 0 aromatic carbocycles. The Kier molecular flexibility index (Phi) is 9.99. The molecule has 6 fully saturated rings. The number of carbonyl (C=O) groups excluding carboxylic acids is 6. The van der Waals surface area contributed by atoms with Gasteiger partial charge in [0, 0.05) is 46.0 Å². The van der Waals surface area contributed by atoms with E-state index >= 15 is 0 Å². The summed E-state index contributed by atoms with van der Waals surface area (Å²) in [6.07, 6.45) is -0.804. The van der Waals surface area contributed by atoms with Gasteiger partial charge < -0.3 is 33.2 Å². The molecule has 2 aliphatic heterocycles. The molecule has 0 aromatic heterocycles. The molecule has 14 heteroatoms. The summed E-state index contributed by atoms with van der Waals surface area (Å²) in [4.78, 5) is 75.4. The van der Waals surface area contributed by atoms with Gasteiger partial charge in [0.05, 0.1) is 13.2 Å². The van der Waals surface area contributed by atoms with Gasteiger partial charge in [-0.2, -0.15) is 0 Å². The molecule has 14 atom stereocenters. The number of esters is 4. The summed E-state index contributed by atoms with van der Waals surface area (Å²) in [5.41, 5.74) is -0.670. The van der Waals surface area contributed by atoms with Crippen LogP contribution >= 0.6 is 0 Å². The fourth-order valence-electron chi connectivity index (χ4n) is 10.8. The van der Waals surface area contributed by atoms with Crippen LogP contribution < -0.4 is 0 Å². The Morgan fingerprint density at radius 1 is 0.840 bits per heavy atom. The summed E-state index contributed by atoms with van der Waals surface area (Å²) >= 11 is 0. The lowest BCUT2D eigenvalue weighted by atomic mass is 9.44. The van der Waals surface area contributed by atoms with Gasteiger partial charge in [-0.3, -0.25) is 28.7 Å².